The molecule has 0 fully saturated rings. The smallest absolute Gasteiger partial charge is 0.319 e. The number of rotatable bonds is 3. The van der Waals surface area contributed by atoms with Gasteiger partial charge in [-0.3, -0.25) is 0 Å². The molecule has 0 bridgehead atoms. The minimum Gasteiger partial charge on any atom is -0.490 e. The Kier molecular flexibility index (Phi) is 3.94. The molecule has 5 heteroatoms. The molecule has 102 valence electrons. The lowest BCUT2D eigenvalue weighted by Crippen LogP contribution is -2.31. The van der Waals surface area contributed by atoms with Gasteiger partial charge in [-0.1, -0.05) is 12.2 Å². The topological polar surface area (TPSA) is 53.6 Å². The fourth-order valence-corrected chi connectivity index (χ4v) is 1.83. The average Bonchev–Trinajstić information content (AvgIpc) is 2.37. The van der Waals surface area contributed by atoms with E-state index in [0.29, 0.717) is 13.2 Å². The van der Waals surface area contributed by atoms with Crippen LogP contribution in [0.4, 0.5) is 16.2 Å². The molecule has 1 heterocycles. The Labute approximate surface area is 113 Å². The van der Waals surface area contributed by atoms with Crippen LogP contribution < -0.4 is 20.3 Å². The fraction of sp³-hybridized carbons (Fsp3) is 0.357. The summed E-state index contributed by atoms with van der Waals surface area (Å²) in [6, 6.07) is 5.38. The molecule has 1 aliphatic rings. The Morgan fingerprint density at radius 3 is 3.05 bits per heavy atom. The van der Waals surface area contributed by atoms with Gasteiger partial charge in [0.1, 0.15) is 12.4 Å². The predicted molar refractivity (Wildman–Crippen MR) is 77.0 cm³/mol. The van der Waals surface area contributed by atoms with Crippen LogP contribution in [0.5, 0.6) is 5.75 Å². The van der Waals surface area contributed by atoms with Crippen molar-refractivity contribution in [1.82, 2.24) is 5.32 Å². The van der Waals surface area contributed by atoms with Gasteiger partial charge in [0, 0.05) is 19.3 Å². The maximum absolute atomic E-state index is 11.7. The quantitative estimate of drug-likeness (QED) is 0.820. The summed E-state index contributed by atoms with van der Waals surface area (Å²) in [4.78, 5) is 13.8. The highest BCUT2D eigenvalue weighted by Gasteiger charge is 2.15. The molecule has 0 aromatic heterocycles. The van der Waals surface area contributed by atoms with E-state index in [1.807, 2.05) is 32.2 Å². The molecule has 5 nitrogen and oxygen atoms in total. The number of anilines is 2. The molecule has 0 unspecified atom stereocenters. The highest BCUT2D eigenvalue weighted by Crippen LogP contribution is 2.33. The lowest BCUT2D eigenvalue weighted by Gasteiger charge is -2.28. The Balaban J connectivity index is 2.03. The largest absolute Gasteiger partial charge is 0.490 e. The van der Waals surface area contributed by atoms with Crippen LogP contribution in [0.1, 0.15) is 6.92 Å². The molecule has 2 rings (SSSR count). The summed E-state index contributed by atoms with van der Waals surface area (Å²) in [5.41, 5.74) is 2.65. The van der Waals surface area contributed by atoms with Gasteiger partial charge in [-0.25, -0.2) is 4.79 Å². The first-order valence-electron chi connectivity index (χ1n) is 6.23. The summed E-state index contributed by atoms with van der Waals surface area (Å²) in [6.07, 6.45) is 0. The zero-order valence-corrected chi connectivity index (χ0v) is 11.3. The van der Waals surface area contributed by atoms with Crippen molar-refractivity contribution in [2.24, 2.45) is 0 Å². The second-order valence-corrected chi connectivity index (χ2v) is 4.72. The first kappa shape index (κ1) is 13.3. The maximum Gasteiger partial charge on any atom is 0.319 e. The number of carbonyl (C=O) groups is 1. The number of nitrogens with zero attached hydrogens (tertiary/aromatic N) is 1. The lowest BCUT2D eigenvalue weighted by molar-refractivity contribution is 0.253. The van der Waals surface area contributed by atoms with E-state index in [1.165, 1.54) is 0 Å². The van der Waals surface area contributed by atoms with Crippen LogP contribution in [0.25, 0.3) is 0 Å². The lowest BCUT2D eigenvalue weighted by atomic mass is 10.2. The van der Waals surface area contributed by atoms with Crippen molar-refractivity contribution in [3.8, 4) is 5.75 Å². The normalized spacial score (nSPS) is 13.3. The van der Waals surface area contributed by atoms with Gasteiger partial charge < -0.3 is 20.3 Å². The standard InChI is InChI=1S/C14H19N3O2/c1-10(2)9-15-14(18)16-11-4-5-13-12(8-11)17(3)6-7-19-13/h4-5,8H,1,6-7,9H2,2-3H3,(H2,15,16,18). The van der Waals surface area contributed by atoms with Gasteiger partial charge in [-0.2, -0.15) is 0 Å². The van der Waals surface area contributed by atoms with Crippen LogP contribution >= 0.6 is 0 Å². The van der Waals surface area contributed by atoms with E-state index >= 15 is 0 Å². The summed E-state index contributed by atoms with van der Waals surface area (Å²) in [6.45, 7) is 7.61. The van der Waals surface area contributed by atoms with Crippen LogP contribution in [0.3, 0.4) is 0 Å². The Morgan fingerprint density at radius 2 is 2.32 bits per heavy atom. The van der Waals surface area contributed by atoms with Gasteiger partial charge in [0.25, 0.3) is 0 Å². The SMILES string of the molecule is C=C(C)CNC(=O)Nc1ccc2c(c1)N(C)CCO2. The van der Waals surface area contributed by atoms with E-state index in [1.54, 1.807) is 0 Å². The Morgan fingerprint density at radius 1 is 1.53 bits per heavy atom. The van der Waals surface area contributed by atoms with Crippen molar-refractivity contribution in [1.29, 1.82) is 0 Å². The van der Waals surface area contributed by atoms with Crippen molar-refractivity contribution in [2.75, 3.05) is 37.0 Å². The number of likely N-dealkylation sites (N-methyl/N-ethyl adjacent to an activating group) is 1. The number of urea groups is 1. The summed E-state index contributed by atoms with van der Waals surface area (Å²) in [5.74, 6) is 0.849. The zero-order chi connectivity index (χ0) is 13.8. The molecule has 0 atom stereocenters. The van der Waals surface area contributed by atoms with Crippen LogP contribution in [-0.4, -0.2) is 32.8 Å². The molecule has 0 saturated carbocycles. The Bertz CT molecular complexity index is 499. The number of benzene rings is 1. The van der Waals surface area contributed by atoms with Gasteiger partial charge >= 0.3 is 6.03 Å². The van der Waals surface area contributed by atoms with E-state index in [-0.39, 0.29) is 6.03 Å². The molecule has 0 radical (unpaired) electrons. The molecule has 19 heavy (non-hydrogen) atoms. The summed E-state index contributed by atoms with van der Waals surface area (Å²) in [7, 11) is 2.01. The summed E-state index contributed by atoms with van der Waals surface area (Å²) >= 11 is 0. The number of hydrogen-bond acceptors (Lipinski definition) is 3. The second-order valence-electron chi connectivity index (χ2n) is 4.72. The number of hydrogen-bond donors (Lipinski definition) is 2. The zero-order valence-electron chi connectivity index (χ0n) is 11.3. The van der Waals surface area contributed by atoms with Crippen LogP contribution in [-0.2, 0) is 0 Å². The van der Waals surface area contributed by atoms with Crippen LogP contribution in [0, 0.1) is 0 Å². The van der Waals surface area contributed by atoms with Crippen molar-refractivity contribution >= 4 is 17.4 Å². The van der Waals surface area contributed by atoms with Crippen molar-refractivity contribution in [3.63, 3.8) is 0 Å². The highest BCUT2D eigenvalue weighted by molar-refractivity contribution is 5.90. The maximum atomic E-state index is 11.7. The van der Waals surface area contributed by atoms with Crippen molar-refractivity contribution < 1.29 is 9.53 Å². The Hall–Kier alpha value is -2.17. The van der Waals surface area contributed by atoms with E-state index in [9.17, 15) is 4.79 Å². The number of nitrogens with one attached hydrogen (secondary N) is 2. The number of ether oxygens (including phenoxy) is 1. The number of amides is 2. The summed E-state index contributed by atoms with van der Waals surface area (Å²) in [5, 5.41) is 5.52. The van der Waals surface area contributed by atoms with E-state index < -0.39 is 0 Å². The fourth-order valence-electron chi connectivity index (χ4n) is 1.83. The van der Waals surface area contributed by atoms with Gasteiger partial charge in [0.15, 0.2) is 0 Å². The molecule has 1 aromatic rings. The third-order valence-electron chi connectivity index (χ3n) is 2.86. The second kappa shape index (κ2) is 5.65. The van der Waals surface area contributed by atoms with Gasteiger partial charge in [0.2, 0.25) is 0 Å². The predicted octanol–water partition coefficient (Wildman–Crippen LogP) is 2.21. The molecule has 1 aliphatic heterocycles. The highest BCUT2D eigenvalue weighted by atomic mass is 16.5. The first-order chi connectivity index (χ1) is 9.06. The molecular weight excluding hydrogens is 242 g/mol. The van der Waals surface area contributed by atoms with Crippen molar-refractivity contribution in [2.45, 2.75) is 6.92 Å². The van der Waals surface area contributed by atoms with Crippen LogP contribution in [0.2, 0.25) is 0 Å². The molecule has 2 amide bonds. The monoisotopic (exact) mass is 261 g/mol. The minimum atomic E-state index is -0.234. The van der Waals surface area contributed by atoms with Gasteiger partial charge in [0.05, 0.1) is 12.2 Å². The number of fused-ring (bicyclic) bond motifs is 1. The molecule has 0 aliphatic carbocycles. The molecule has 2 N–H and O–H groups in total. The van der Waals surface area contributed by atoms with Gasteiger partial charge in [-0.05, 0) is 25.1 Å². The number of carbonyl (C=O) groups excluding carboxylic acids is 1. The third kappa shape index (κ3) is 3.40. The summed E-state index contributed by atoms with van der Waals surface area (Å²) < 4.78 is 5.55. The molecule has 0 spiro atoms. The molecule has 1 aromatic carbocycles. The van der Waals surface area contributed by atoms with Crippen molar-refractivity contribution in [3.05, 3.63) is 30.4 Å². The van der Waals surface area contributed by atoms with E-state index in [4.69, 9.17) is 4.74 Å². The molecular formula is C14H19N3O2. The average molecular weight is 261 g/mol. The van der Waals surface area contributed by atoms with E-state index in [0.717, 1.165) is 29.2 Å². The first-order valence-corrected chi connectivity index (χ1v) is 6.23. The molecule has 0 saturated heterocycles. The van der Waals surface area contributed by atoms with Gasteiger partial charge in [-0.15, -0.1) is 0 Å². The minimum absolute atomic E-state index is 0.234. The van der Waals surface area contributed by atoms with E-state index in [2.05, 4.69) is 22.1 Å². The van der Waals surface area contributed by atoms with Crippen LogP contribution in [0.15, 0.2) is 30.4 Å². The third-order valence-corrected chi connectivity index (χ3v) is 2.86.